The Morgan fingerprint density at radius 3 is 2.65 bits per heavy atom. The number of Topliss-reactive ketones (excluding diaryl/α,β-unsaturated/α-hetero) is 1. The van der Waals surface area contributed by atoms with Crippen molar-refractivity contribution in [3.63, 3.8) is 0 Å². The first kappa shape index (κ1) is 22.3. The molecule has 1 N–H and O–H groups in total. The fraction of sp³-hybridized carbons (Fsp3) is 0.667. The summed E-state index contributed by atoms with van der Waals surface area (Å²) in [6.07, 6.45) is 12.5. The van der Waals surface area contributed by atoms with Gasteiger partial charge in [-0.25, -0.2) is 0 Å². The number of ether oxygens (including phenoxy) is 1. The van der Waals surface area contributed by atoms with Crippen molar-refractivity contribution >= 4 is 17.5 Å². The third-order valence-electron chi connectivity index (χ3n) is 4.80. The van der Waals surface area contributed by atoms with E-state index in [1.54, 1.807) is 6.08 Å². The van der Waals surface area contributed by atoms with E-state index in [0.29, 0.717) is 25.7 Å². The third-order valence-corrected chi connectivity index (χ3v) is 4.80. The van der Waals surface area contributed by atoms with Crippen LogP contribution in [0, 0.1) is 11.8 Å². The summed E-state index contributed by atoms with van der Waals surface area (Å²) in [7, 11) is 1.37. The number of hydrogen-bond donors (Lipinski definition) is 1. The van der Waals surface area contributed by atoms with Crippen LogP contribution in [0.2, 0.25) is 0 Å². The van der Waals surface area contributed by atoms with E-state index in [2.05, 4.69) is 11.7 Å². The molecule has 1 saturated carbocycles. The number of hydrogen-bond acceptors (Lipinski definition) is 5. The highest BCUT2D eigenvalue weighted by atomic mass is 16.5. The molecule has 1 aliphatic rings. The lowest BCUT2D eigenvalue weighted by molar-refractivity contribution is -0.140. The summed E-state index contributed by atoms with van der Waals surface area (Å²) in [5.74, 6) is -0.688. The van der Waals surface area contributed by atoms with Gasteiger partial charge in [-0.2, -0.15) is 0 Å². The van der Waals surface area contributed by atoms with E-state index in [4.69, 9.17) is 0 Å². The molecular weight excluding hydrogens is 332 g/mol. The van der Waals surface area contributed by atoms with Gasteiger partial charge in [0.15, 0.2) is 5.78 Å². The molecule has 0 spiro atoms. The van der Waals surface area contributed by atoms with Crippen molar-refractivity contribution in [1.82, 2.24) is 0 Å². The van der Waals surface area contributed by atoms with Gasteiger partial charge in [-0.1, -0.05) is 38.0 Å². The van der Waals surface area contributed by atoms with Crippen molar-refractivity contribution in [2.24, 2.45) is 11.8 Å². The maximum absolute atomic E-state index is 12.1. The second-order valence-corrected chi connectivity index (χ2v) is 6.88. The quantitative estimate of drug-likeness (QED) is 0.248. The second kappa shape index (κ2) is 12.6. The maximum Gasteiger partial charge on any atom is 0.305 e. The lowest BCUT2D eigenvalue weighted by Crippen LogP contribution is -2.18. The van der Waals surface area contributed by atoms with Crippen molar-refractivity contribution < 1.29 is 24.2 Å². The summed E-state index contributed by atoms with van der Waals surface area (Å²) < 4.78 is 4.58. The Labute approximate surface area is 156 Å². The molecule has 0 aromatic carbocycles. The molecule has 5 nitrogen and oxygen atoms in total. The Morgan fingerprint density at radius 2 is 1.96 bits per heavy atom. The number of unbranched alkanes of at least 4 members (excludes halogenated alkanes) is 3. The number of methoxy groups -OCH3 is 1. The molecule has 0 aromatic rings. The number of rotatable bonds is 12. The molecule has 1 rings (SSSR count). The average Bonchev–Trinajstić information content (AvgIpc) is 2.89. The predicted molar refractivity (Wildman–Crippen MR) is 101 cm³/mol. The first-order valence-electron chi connectivity index (χ1n) is 9.63. The smallest absolute Gasteiger partial charge is 0.305 e. The highest BCUT2D eigenvalue weighted by Crippen LogP contribution is 2.33. The monoisotopic (exact) mass is 364 g/mol. The molecule has 146 valence electrons. The van der Waals surface area contributed by atoms with Crippen molar-refractivity contribution in [2.75, 3.05) is 7.11 Å². The number of esters is 1. The van der Waals surface area contributed by atoms with Crippen LogP contribution in [0.25, 0.3) is 0 Å². The van der Waals surface area contributed by atoms with Crippen LogP contribution in [0.3, 0.4) is 0 Å². The normalized spacial score (nSPS) is 23.2. The summed E-state index contributed by atoms with van der Waals surface area (Å²) in [6, 6.07) is 0. The predicted octanol–water partition coefficient (Wildman–Crippen LogP) is 3.55. The molecule has 0 aromatic heterocycles. The Hall–Kier alpha value is -1.75. The number of ketones is 2. The lowest BCUT2D eigenvalue weighted by atomic mass is 9.90. The standard InChI is InChI=1S/C21H32O5/c1-3-4-7-10-16(22)13-14-18-17(19(23)15-20(18)24)11-8-5-6-9-12-21(25)26-2/h5,8,13-14,17-18,20,24H,3-4,6-7,9-12,15H2,1-2H3/b8-5-,14-13+/t17-,18-,20-/m1/s1. The van der Waals surface area contributed by atoms with Crippen LogP contribution >= 0.6 is 0 Å². The van der Waals surface area contributed by atoms with E-state index in [1.807, 2.05) is 12.2 Å². The fourth-order valence-electron chi connectivity index (χ4n) is 3.21. The van der Waals surface area contributed by atoms with E-state index in [0.717, 1.165) is 25.7 Å². The fourth-order valence-corrected chi connectivity index (χ4v) is 3.21. The van der Waals surface area contributed by atoms with E-state index < -0.39 is 6.10 Å². The van der Waals surface area contributed by atoms with Gasteiger partial charge in [0.2, 0.25) is 0 Å². The summed E-state index contributed by atoms with van der Waals surface area (Å²) in [5, 5.41) is 10.1. The van der Waals surface area contributed by atoms with Gasteiger partial charge in [-0.15, -0.1) is 0 Å². The molecule has 1 aliphatic carbocycles. The molecule has 0 saturated heterocycles. The number of carbonyl (C=O) groups excluding carboxylic acids is 3. The van der Waals surface area contributed by atoms with Crippen molar-refractivity contribution in [1.29, 1.82) is 0 Å². The largest absolute Gasteiger partial charge is 0.469 e. The second-order valence-electron chi connectivity index (χ2n) is 6.88. The van der Waals surface area contributed by atoms with Gasteiger partial charge in [-0.3, -0.25) is 14.4 Å². The molecule has 3 atom stereocenters. The Kier molecular flexibility index (Phi) is 10.8. The number of carbonyl (C=O) groups is 3. The molecule has 0 amide bonds. The first-order valence-corrected chi connectivity index (χ1v) is 9.63. The summed E-state index contributed by atoms with van der Waals surface area (Å²) in [4.78, 5) is 35.0. The van der Waals surface area contributed by atoms with Gasteiger partial charge in [0.05, 0.1) is 13.2 Å². The third kappa shape index (κ3) is 8.09. The molecular formula is C21H32O5. The highest BCUT2D eigenvalue weighted by Gasteiger charge is 2.39. The van der Waals surface area contributed by atoms with Crippen LogP contribution in [0.1, 0.15) is 64.7 Å². The van der Waals surface area contributed by atoms with Crippen molar-refractivity contribution in [2.45, 2.75) is 70.8 Å². The molecule has 0 unspecified atom stereocenters. The van der Waals surface area contributed by atoms with E-state index >= 15 is 0 Å². The minimum absolute atomic E-state index is 0.0461. The summed E-state index contributed by atoms with van der Waals surface area (Å²) >= 11 is 0. The SMILES string of the molecule is CCCCCC(=O)/C=C/[C@H]1[C@H](O)CC(=O)[C@@H]1C/C=C\CCCC(=O)OC. The molecule has 0 heterocycles. The lowest BCUT2D eigenvalue weighted by Gasteiger charge is -2.15. The van der Waals surface area contributed by atoms with E-state index in [1.165, 1.54) is 13.2 Å². The van der Waals surface area contributed by atoms with Crippen molar-refractivity contribution in [3.8, 4) is 0 Å². The van der Waals surface area contributed by atoms with Gasteiger partial charge in [-0.05, 0) is 31.8 Å². The molecule has 0 radical (unpaired) electrons. The zero-order valence-electron chi connectivity index (χ0n) is 16.0. The molecule has 0 aliphatic heterocycles. The van der Waals surface area contributed by atoms with Crippen LogP contribution < -0.4 is 0 Å². The molecule has 0 bridgehead atoms. The average molecular weight is 364 g/mol. The first-order chi connectivity index (χ1) is 12.5. The number of aliphatic hydroxyl groups excluding tert-OH is 1. The van der Waals surface area contributed by atoms with Crippen LogP contribution in [-0.4, -0.2) is 35.9 Å². The minimum atomic E-state index is -0.708. The van der Waals surface area contributed by atoms with Gasteiger partial charge in [0.25, 0.3) is 0 Å². The highest BCUT2D eigenvalue weighted by molar-refractivity contribution is 5.90. The van der Waals surface area contributed by atoms with E-state index in [9.17, 15) is 19.5 Å². The Balaban J connectivity index is 2.47. The van der Waals surface area contributed by atoms with Crippen LogP contribution in [0.5, 0.6) is 0 Å². The molecule has 26 heavy (non-hydrogen) atoms. The molecule has 1 fully saturated rings. The zero-order valence-corrected chi connectivity index (χ0v) is 16.0. The van der Waals surface area contributed by atoms with Gasteiger partial charge in [0.1, 0.15) is 5.78 Å². The van der Waals surface area contributed by atoms with Crippen LogP contribution in [0.15, 0.2) is 24.3 Å². The van der Waals surface area contributed by atoms with Gasteiger partial charge < -0.3 is 9.84 Å². The minimum Gasteiger partial charge on any atom is -0.469 e. The van der Waals surface area contributed by atoms with Crippen molar-refractivity contribution in [3.05, 3.63) is 24.3 Å². The van der Waals surface area contributed by atoms with Gasteiger partial charge in [0, 0.05) is 31.1 Å². The van der Waals surface area contributed by atoms with Crippen LogP contribution in [-0.2, 0) is 19.1 Å². The van der Waals surface area contributed by atoms with E-state index in [-0.39, 0.29) is 35.8 Å². The number of allylic oxidation sites excluding steroid dienone is 3. The Bertz CT molecular complexity index is 520. The molecule has 5 heteroatoms. The number of aliphatic hydroxyl groups is 1. The Morgan fingerprint density at radius 1 is 1.19 bits per heavy atom. The summed E-state index contributed by atoms with van der Waals surface area (Å²) in [6.45, 7) is 2.09. The van der Waals surface area contributed by atoms with Crippen LogP contribution in [0.4, 0.5) is 0 Å². The summed E-state index contributed by atoms with van der Waals surface area (Å²) in [5.41, 5.74) is 0. The maximum atomic E-state index is 12.1. The van der Waals surface area contributed by atoms with Gasteiger partial charge >= 0.3 is 5.97 Å². The zero-order chi connectivity index (χ0) is 19.4. The topological polar surface area (TPSA) is 80.7 Å².